The van der Waals surface area contributed by atoms with E-state index >= 15 is 0 Å². The van der Waals surface area contributed by atoms with Gasteiger partial charge < -0.3 is 4.42 Å². The van der Waals surface area contributed by atoms with E-state index in [0.29, 0.717) is 33.0 Å². The van der Waals surface area contributed by atoms with Crippen LogP contribution in [0.3, 0.4) is 0 Å². The van der Waals surface area contributed by atoms with Crippen LogP contribution in [0, 0.1) is 0 Å². The normalized spacial score (nSPS) is 13.7. The first-order valence-electron chi connectivity index (χ1n) is 17.3. The fraction of sp³-hybridized carbons (Fsp3) is 0. The first-order valence-corrected chi connectivity index (χ1v) is 14.3. The van der Waals surface area contributed by atoms with Gasteiger partial charge in [0.2, 0.25) is 0 Å². The number of benzene rings is 8. The zero-order chi connectivity index (χ0) is 33.6. The lowest BCUT2D eigenvalue weighted by Gasteiger charge is -2.18. The number of furan rings is 1. The molecule has 0 aliphatic rings. The summed E-state index contributed by atoms with van der Waals surface area (Å²) in [5, 5.41) is 6.73. The van der Waals surface area contributed by atoms with E-state index in [1.54, 1.807) is 0 Å². The Morgan fingerprint density at radius 1 is 0.419 bits per heavy atom. The second-order valence-corrected chi connectivity index (χ2v) is 10.8. The van der Waals surface area contributed by atoms with Crippen LogP contribution in [0.15, 0.2) is 162 Å². The summed E-state index contributed by atoms with van der Waals surface area (Å²) in [6, 6.07) is 38.8. The first-order chi connectivity index (χ1) is 23.8. The molecule has 1 nitrogen and oxygen atoms in total. The highest BCUT2D eigenvalue weighted by atomic mass is 16.3. The molecule has 0 atom stereocenters. The average Bonchev–Trinajstić information content (AvgIpc) is 3.53. The standard InChI is InChI=1S/C42H26O/c1-2-13-28(14-3-1)31-20-10-22-37-41(31)42-36(21-11-23-38(42)43-37)40-34-18-8-6-16-32(34)39(33-17-7-9-19-35(33)40)30-25-24-27-12-4-5-15-29(27)26-30/h1-26H/i10D,11D,20D,21D,22D,23D. The molecule has 0 aliphatic carbocycles. The summed E-state index contributed by atoms with van der Waals surface area (Å²) in [4.78, 5) is 0. The van der Waals surface area contributed by atoms with E-state index in [4.69, 9.17) is 11.3 Å². The predicted molar refractivity (Wildman–Crippen MR) is 183 cm³/mol. The van der Waals surface area contributed by atoms with Gasteiger partial charge in [0.1, 0.15) is 11.2 Å². The van der Waals surface area contributed by atoms with E-state index in [-0.39, 0.29) is 47.4 Å². The fourth-order valence-electron chi connectivity index (χ4n) is 6.57. The summed E-state index contributed by atoms with van der Waals surface area (Å²) in [5.41, 5.74) is 4.41. The van der Waals surface area contributed by atoms with Gasteiger partial charge in [0, 0.05) is 10.8 Å². The fourth-order valence-corrected chi connectivity index (χ4v) is 6.57. The number of hydrogen-bond acceptors (Lipinski definition) is 1. The Morgan fingerprint density at radius 2 is 0.953 bits per heavy atom. The van der Waals surface area contributed by atoms with Crippen molar-refractivity contribution >= 4 is 54.3 Å². The molecule has 0 unspecified atom stereocenters. The Bertz CT molecular complexity index is 2780. The quantitative estimate of drug-likeness (QED) is 0.199. The Morgan fingerprint density at radius 3 is 1.63 bits per heavy atom. The Balaban J connectivity index is 1.51. The maximum Gasteiger partial charge on any atom is 0.136 e. The molecule has 1 heteroatoms. The highest BCUT2D eigenvalue weighted by Gasteiger charge is 2.21. The zero-order valence-electron chi connectivity index (χ0n) is 29.0. The average molecular weight is 553 g/mol. The number of hydrogen-bond donors (Lipinski definition) is 0. The molecular weight excluding hydrogens is 520 g/mol. The lowest BCUT2D eigenvalue weighted by Crippen LogP contribution is -1.91. The maximum absolute atomic E-state index is 9.47. The van der Waals surface area contributed by atoms with E-state index in [2.05, 4.69) is 42.5 Å². The van der Waals surface area contributed by atoms with Gasteiger partial charge in [-0.3, -0.25) is 0 Å². The van der Waals surface area contributed by atoms with Crippen LogP contribution in [0.4, 0.5) is 0 Å². The molecule has 0 saturated heterocycles. The van der Waals surface area contributed by atoms with Gasteiger partial charge in [-0.05, 0) is 83.8 Å². The molecule has 0 radical (unpaired) electrons. The highest BCUT2D eigenvalue weighted by Crippen LogP contribution is 2.48. The van der Waals surface area contributed by atoms with Gasteiger partial charge in [-0.25, -0.2) is 0 Å². The molecule has 0 aliphatic heterocycles. The van der Waals surface area contributed by atoms with Crippen molar-refractivity contribution in [1.29, 1.82) is 0 Å². The molecule has 0 amide bonds. The van der Waals surface area contributed by atoms with Crippen LogP contribution in [0.5, 0.6) is 0 Å². The van der Waals surface area contributed by atoms with Crippen molar-refractivity contribution in [1.82, 2.24) is 0 Å². The van der Waals surface area contributed by atoms with Crippen LogP contribution in [-0.2, 0) is 0 Å². The number of rotatable bonds is 3. The predicted octanol–water partition coefficient (Wildman–Crippen LogP) is 12.0. The molecular formula is C42H26O. The van der Waals surface area contributed by atoms with E-state index in [1.807, 2.05) is 78.9 Å². The number of fused-ring (bicyclic) bond motifs is 6. The molecule has 0 N–H and O–H groups in total. The van der Waals surface area contributed by atoms with Crippen LogP contribution in [-0.4, -0.2) is 0 Å². The Kier molecular flexibility index (Phi) is 4.11. The van der Waals surface area contributed by atoms with E-state index in [9.17, 15) is 1.37 Å². The lowest BCUT2D eigenvalue weighted by atomic mass is 9.84. The molecule has 0 spiro atoms. The van der Waals surface area contributed by atoms with Gasteiger partial charge in [-0.15, -0.1) is 0 Å². The smallest absolute Gasteiger partial charge is 0.136 e. The monoisotopic (exact) mass is 552 g/mol. The summed E-state index contributed by atoms with van der Waals surface area (Å²) in [7, 11) is 0. The van der Waals surface area contributed by atoms with E-state index in [0.717, 1.165) is 43.4 Å². The van der Waals surface area contributed by atoms with Gasteiger partial charge in [-0.2, -0.15) is 0 Å². The molecule has 43 heavy (non-hydrogen) atoms. The summed E-state index contributed by atoms with van der Waals surface area (Å²) < 4.78 is 60.3. The van der Waals surface area contributed by atoms with Crippen molar-refractivity contribution in [3.05, 3.63) is 158 Å². The third kappa shape index (κ3) is 3.65. The third-order valence-corrected chi connectivity index (χ3v) is 8.42. The van der Waals surface area contributed by atoms with Crippen molar-refractivity contribution in [2.75, 3.05) is 0 Å². The minimum absolute atomic E-state index is 0.0634. The molecule has 8 aromatic carbocycles. The molecule has 0 bridgehead atoms. The maximum atomic E-state index is 9.47. The summed E-state index contributed by atoms with van der Waals surface area (Å²) in [5.74, 6) is 0. The molecule has 0 fully saturated rings. The summed E-state index contributed by atoms with van der Waals surface area (Å²) in [6.07, 6.45) is 0. The van der Waals surface area contributed by atoms with Crippen molar-refractivity contribution < 1.29 is 12.6 Å². The minimum Gasteiger partial charge on any atom is -0.456 e. The molecule has 1 aromatic heterocycles. The van der Waals surface area contributed by atoms with Crippen molar-refractivity contribution in [3.8, 4) is 33.4 Å². The molecule has 9 rings (SSSR count). The second-order valence-electron chi connectivity index (χ2n) is 10.8. The van der Waals surface area contributed by atoms with Gasteiger partial charge in [0.15, 0.2) is 0 Å². The minimum atomic E-state index is -0.293. The van der Waals surface area contributed by atoms with Crippen LogP contribution >= 0.6 is 0 Å². The van der Waals surface area contributed by atoms with Crippen LogP contribution in [0.2, 0.25) is 0 Å². The van der Waals surface area contributed by atoms with E-state index < -0.39 is 0 Å². The molecule has 1 heterocycles. The van der Waals surface area contributed by atoms with Gasteiger partial charge in [-0.1, -0.05) is 139 Å². The van der Waals surface area contributed by atoms with Crippen LogP contribution in [0.25, 0.3) is 87.6 Å². The van der Waals surface area contributed by atoms with Crippen molar-refractivity contribution in [3.63, 3.8) is 0 Å². The van der Waals surface area contributed by atoms with E-state index in [1.165, 1.54) is 0 Å². The molecule has 200 valence electrons. The second kappa shape index (κ2) is 9.44. The SMILES string of the molecule is [2H]c1c([2H])c(-c2ccccc2)c2c(oc3c([2H])c([2H])c([2H])c(-c4c5ccccc5c(-c5ccc6ccccc6c5)c5ccccc45)c32)c1[2H]. The summed E-state index contributed by atoms with van der Waals surface area (Å²) in [6.45, 7) is 0. The molecule has 9 aromatic rings. The zero-order valence-corrected chi connectivity index (χ0v) is 23.0. The third-order valence-electron chi connectivity index (χ3n) is 8.42. The van der Waals surface area contributed by atoms with Gasteiger partial charge >= 0.3 is 0 Å². The lowest BCUT2D eigenvalue weighted by molar-refractivity contribution is 0.669. The Hall–Kier alpha value is -5.66. The topological polar surface area (TPSA) is 13.1 Å². The van der Waals surface area contributed by atoms with Gasteiger partial charge in [0.25, 0.3) is 0 Å². The largest absolute Gasteiger partial charge is 0.456 e. The first kappa shape index (κ1) is 18.7. The van der Waals surface area contributed by atoms with Crippen molar-refractivity contribution in [2.45, 2.75) is 0 Å². The van der Waals surface area contributed by atoms with Crippen LogP contribution in [0.1, 0.15) is 8.22 Å². The highest BCUT2D eigenvalue weighted by molar-refractivity contribution is 6.27. The van der Waals surface area contributed by atoms with Crippen molar-refractivity contribution in [2.24, 2.45) is 0 Å². The Labute approximate surface area is 257 Å². The molecule has 0 saturated carbocycles. The van der Waals surface area contributed by atoms with Gasteiger partial charge in [0.05, 0.1) is 8.22 Å². The summed E-state index contributed by atoms with van der Waals surface area (Å²) >= 11 is 0. The van der Waals surface area contributed by atoms with Crippen LogP contribution < -0.4 is 0 Å².